The van der Waals surface area contributed by atoms with Gasteiger partial charge in [0.2, 0.25) is 0 Å². The monoisotopic (exact) mass is 344 g/mol. The predicted molar refractivity (Wildman–Crippen MR) is 106 cm³/mol. The largest absolute Gasteiger partial charge is 0.349 e. The smallest absolute Gasteiger partial charge is 0.252 e. The van der Waals surface area contributed by atoms with Crippen LogP contribution in [-0.2, 0) is 0 Å². The first-order valence-corrected chi connectivity index (χ1v) is 9.48. The van der Waals surface area contributed by atoms with Crippen LogP contribution in [0.4, 0.5) is 0 Å². The third-order valence-corrected chi connectivity index (χ3v) is 5.25. The van der Waals surface area contributed by atoms with Gasteiger partial charge in [0.25, 0.3) is 5.91 Å². The molecule has 1 aromatic heterocycles. The van der Waals surface area contributed by atoms with Crippen molar-refractivity contribution in [3.63, 3.8) is 0 Å². The molecule has 0 spiro atoms. The molecule has 1 amide bonds. The van der Waals surface area contributed by atoms with Crippen molar-refractivity contribution < 1.29 is 4.79 Å². The number of hydrogen-bond acceptors (Lipinski definition) is 2. The summed E-state index contributed by atoms with van der Waals surface area (Å²) in [6, 6.07) is 18.4. The number of pyridine rings is 1. The molecule has 26 heavy (non-hydrogen) atoms. The first-order chi connectivity index (χ1) is 12.7. The van der Waals surface area contributed by atoms with Gasteiger partial charge in [-0.15, -0.1) is 0 Å². The minimum atomic E-state index is 0.0175. The van der Waals surface area contributed by atoms with Crippen LogP contribution in [0.5, 0.6) is 0 Å². The van der Waals surface area contributed by atoms with Crippen molar-refractivity contribution in [3.05, 3.63) is 65.7 Å². The zero-order chi connectivity index (χ0) is 17.9. The van der Waals surface area contributed by atoms with Crippen molar-refractivity contribution in [2.24, 2.45) is 0 Å². The topological polar surface area (TPSA) is 42.0 Å². The average Bonchev–Trinajstić information content (AvgIpc) is 2.68. The maximum atomic E-state index is 13.0. The molecular weight excluding hydrogens is 320 g/mol. The van der Waals surface area contributed by atoms with Gasteiger partial charge in [-0.3, -0.25) is 4.79 Å². The third kappa shape index (κ3) is 3.48. The van der Waals surface area contributed by atoms with Crippen LogP contribution in [0.2, 0.25) is 0 Å². The predicted octanol–water partition coefficient (Wildman–Crippen LogP) is 5.27. The van der Waals surface area contributed by atoms with Crippen LogP contribution >= 0.6 is 0 Å². The SMILES string of the molecule is Cc1ccc(-c2cc(C(=O)NC3CCCCC3)c3ccccc3n2)cc1. The molecule has 0 saturated heterocycles. The van der Waals surface area contributed by atoms with Crippen molar-refractivity contribution in [2.75, 3.05) is 0 Å². The third-order valence-electron chi connectivity index (χ3n) is 5.25. The minimum Gasteiger partial charge on any atom is -0.349 e. The highest BCUT2D eigenvalue weighted by atomic mass is 16.1. The zero-order valence-electron chi connectivity index (χ0n) is 15.2. The molecule has 1 aliphatic carbocycles. The van der Waals surface area contributed by atoms with E-state index in [1.165, 1.54) is 24.8 Å². The van der Waals surface area contributed by atoms with Crippen LogP contribution in [0.3, 0.4) is 0 Å². The normalized spacial score (nSPS) is 15.1. The van der Waals surface area contributed by atoms with E-state index in [1.807, 2.05) is 30.3 Å². The number of carbonyl (C=O) groups excluding carboxylic acids is 1. The summed E-state index contributed by atoms with van der Waals surface area (Å²) in [5.74, 6) is 0.0175. The number of para-hydroxylation sites is 1. The molecule has 0 aliphatic heterocycles. The van der Waals surface area contributed by atoms with Crippen molar-refractivity contribution >= 4 is 16.8 Å². The molecule has 132 valence electrons. The molecule has 3 heteroatoms. The average molecular weight is 344 g/mol. The van der Waals surface area contributed by atoms with E-state index in [2.05, 4.69) is 36.5 Å². The molecule has 3 nitrogen and oxygen atoms in total. The quantitative estimate of drug-likeness (QED) is 0.703. The van der Waals surface area contributed by atoms with Gasteiger partial charge in [0.15, 0.2) is 0 Å². The number of aromatic nitrogens is 1. The van der Waals surface area contributed by atoms with Crippen molar-refractivity contribution in [1.29, 1.82) is 0 Å². The number of amides is 1. The van der Waals surface area contributed by atoms with E-state index in [9.17, 15) is 4.79 Å². The number of nitrogens with one attached hydrogen (secondary N) is 1. The first kappa shape index (κ1) is 16.8. The lowest BCUT2D eigenvalue weighted by atomic mass is 9.95. The summed E-state index contributed by atoms with van der Waals surface area (Å²) in [5.41, 5.74) is 4.67. The Bertz CT molecular complexity index is 925. The van der Waals surface area contributed by atoms with Gasteiger partial charge in [0.05, 0.1) is 16.8 Å². The van der Waals surface area contributed by atoms with Gasteiger partial charge in [0.1, 0.15) is 0 Å². The Morgan fingerprint density at radius 2 is 1.73 bits per heavy atom. The Morgan fingerprint density at radius 3 is 2.50 bits per heavy atom. The van der Waals surface area contributed by atoms with Gasteiger partial charge < -0.3 is 5.32 Å². The van der Waals surface area contributed by atoms with Crippen molar-refractivity contribution in [3.8, 4) is 11.3 Å². The van der Waals surface area contributed by atoms with Crippen LogP contribution in [-0.4, -0.2) is 16.9 Å². The lowest BCUT2D eigenvalue weighted by Gasteiger charge is -2.23. The van der Waals surface area contributed by atoms with Gasteiger partial charge in [-0.05, 0) is 31.9 Å². The highest BCUT2D eigenvalue weighted by Crippen LogP contribution is 2.26. The fourth-order valence-corrected chi connectivity index (χ4v) is 3.75. The number of aryl methyl sites for hydroxylation is 1. The van der Waals surface area contributed by atoms with Crippen LogP contribution in [0.1, 0.15) is 48.0 Å². The Hall–Kier alpha value is -2.68. The Labute approximate surface area is 154 Å². The van der Waals surface area contributed by atoms with Crippen LogP contribution < -0.4 is 5.32 Å². The van der Waals surface area contributed by atoms with Gasteiger partial charge in [0, 0.05) is 17.0 Å². The Kier molecular flexibility index (Phi) is 4.70. The fourth-order valence-electron chi connectivity index (χ4n) is 3.75. The maximum Gasteiger partial charge on any atom is 0.252 e. The highest BCUT2D eigenvalue weighted by molar-refractivity contribution is 6.07. The van der Waals surface area contributed by atoms with Crippen LogP contribution in [0, 0.1) is 6.92 Å². The van der Waals surface area contributed by atoms with Gasteiger partial charge in [-0.1, -0.05) is 67.3 Å². The molecule has 1 heterocycles. The van der Waals surface area contributed by atoms with Gasteiger partial charge in [-0.2, -0.15) is 0 Å². The second-order valence-electron chi connectivity index (χ2n) is 7.25. The van der Waals surface area contributed by atoms with E-state index in [-0.39, 0.29) is 5.91 Å². The van der Waals surface area contributed by atoms with E-state index < -0.39 is 0 Å². The van der Waals surface area contributed by atoms with Crippen LogP contribution in [0.15, 0.2) is 54.6 Å². The van der Waals surface area contributed by atoms with Crippen molar-refractivity contribution in [1.82, 2.24) is 10.3 Å². The summed E-state index contributed by atoms with van der Waals surface area (Å²) in [6.07, 6.45) is 5.86. The summed E-state index contributed by atoms with van der Waals surface area (Å²) < 4.78 is 0. The summed E-state index contributed by atoms with van der Waals surface area (Å²) in [4.78, 5) is 17.8. The first-order valence-electron chi connectivity index (χ1n) is 9.48. The molecule has 0 radical (unpaired) electrons. The summed E-state index contributed by atoms with van der Waals surface area (Å²) >= 11 is 0. The lowest BCUT2D eigenvalue weighted by Crippen LogP contribution is -2.36. The number of hydrogen-bond donors (Lipinski definition) is 1. The van der Waals surface area contributed by atoms with E-state index in [4.69, 9.17) is 4.98 Å². The number of rotatable bonds is 3. The molecule has 1 saturated carbocycles. The molecule has 1 fully saturated rings. The molecule has 4 rings (SSSR count). The highest BCUT2D eigenvalue weighted by Gasteiger charge is 2.19. The molecule has 0 atom stereocenters. The molecule has 3 aromatic rings. The van der Waals surface area contributed by atoms with Crippen molar-refractivity contribution in [2.45, 2.75) is 45.1 Å². The standard InChI is InChI=1S/C23H24N2O/c1-16-11-13-17(14-12-16)22-15-20(19-9-5-6-10-21(19)25-22)23(26)24-18-7-3-2-4-8-18/h5-6,9-15,18H,2-4,7-8H2,1H3,(H,24,26). The number of fused-ring (bicyclic) bond motifs is 1. The number of carbonyl (C=O) groups is 1. The summed E-state index contributed by atoms with van der Waals surface area (Å²) in [6.45, 7) is 2.07. The molecule has 1 N–H and O–H groups in total. The van der Waals surface area contributed by atoms with E-state index in [0.29, 0.717) is 6.04 Å². The summed E-state index contributed by atoms with van der Waals surface area (Å²) in [7, 11) is 0. The molecule has 2 aromatic carbocycles. The fraction of sp³-hybridized carbons (Fsp3) is 0.304. The van der Waals surface area contributed by atoms with Gasteiger partial charge >= 0.3 is 0 Å². The second-order valence-corrected chi connectivity index (χ2v) is 7.25. The van der Waals surface area contributed by atoms with E-state index in [0.717, 1.165) is 40.6 Å². The molecule has 0 unspecified atom stereocenters. The van der Waals surface area contributed by atoms with Gasteiger partial charge in [-0.25, -0.2) is 4.98 Å². The zero-order valence-corrected chi connectivity index (χ0v) is 15.2. The Morgan fingerprint density at radius 1 is 1.00 bits per heavy atom. The van der Waals surface area contributed by atoms with E-state index in [1.54, 1.807) is 0 Å². The molecule has 0 bridgehead atoms. The second kappa shape index (κ2) is 7.28. The number of nitrogens with zero attached hydrogens (tertiary/aromatic N) is 1. The van der Waals surface area contributed by atoms with Crippen LogP contribution in [0.25, 0.3) is 22.2 Å². The maximum absolute atomic E-state index is 13.0. The van der Waals surface area contributed by atoms with E-state index >= 15 is 0 Å². The lowest BCUT2D eigenvalue weighted by molar-refractivity contribution is 0.0929. The molecular formula is C23H24N2O. The minimum absolute atomic E-state index is 0.0175. The summed E-state index contributed by atoms with van der Waals surface area (Å²) in [5, 5.41) is 4.16. The number of benzene rings is 2. The Balaban J connectivity index is 1.74. The molecule has 1 aliphatic rings.